The Morgan fingerprint density at radius 1 is 0.293 bits per heavy atom. The number of hydrogen-bond acceptors (Lipinski definition) is 3. The molecule has 504 valence electrons. The van der Waals surface area contributed by atoms with Gasteiger partial charge in [-0.05, 0) is 187 Å². The molecule has 0 spiro atoms. The highest BCUT2D eigenvalue weighted by atomic mass is 16.3. The van der Waals surface area contributed by atoms with Gasteiger partial charge in [-0.3, -0.25) is 0 Å². The molecule has 2 aromatic heterocycles. The molecule has 0 saturated heterocycles. The second kappa shape index (κ2) is 26.6. The minimum atomic E-state index is -0.294. The molecule has 0 N–H and O–H groups in total. The van der Waals surface area contributed by atoms with Crippen LogP contribution >= 0.6 is 0 Å². The average molecular weight is 1300 g/mol. The maximum Gasteiger partial charge on any atom is 0.144 e. The lowest BCUT2D eigenvalue weighted by molar-refractivity contribution is 0.369. The number of nitrogens with zero attached hydrogens (tertiary/aromatic N) is 1. The van der Waals surface area contributed by atoms with Gasteiger partial charge in [-0.15, -0.1) is 0 Å². The number of unbranched alkanes of at least 4 members (excludes halogenated alkanes) is 16. The summed E-state index contributed by atoms with van der Waals surface area (Å²) in [4.78, 5) is 2.64. The van der Waals surface area contributed by atoms with Crippen molar-refractivity contribution in [2.45, 2.75) is 231 Å². The molecule has 0 bridgehead atoms. The summed E-state index contributed by atoms with van der Waals surface area (Å²) in [5, 5.41) is 5.01. The van der Waals surface area contributed by atoms with Crippen molar-refractivity contribution in [2.75, 3.05) is 4.90 Å². The van der Waals surface area contributed by atoms with E-state index >= 15 is 0 Å². The van der Waals surface area contributed by atoms with Crippen LogP contribution in [0.3, 0.4) is 0 Å². The smallest absolute Gasteiger partial charge is 0.144 e. The van der Waals surface area contributed by atoms with Gasteiger partial charge in [0.2, 0.25) is 0 Å². The van der Waals surface area contributed by atoms with E-state index in [4.69, 9.17) is 8.83 Å². The number of fused-ring (bicyclic) bond motifs is 22. The summed E-state index contributed by atoms with van der Waals surface area (Å²) < 4.78 is 14.2. The van der Waals surface area contributed by atoms with Gasteiger partial charge in [-0.25, -0.2) is 0 Å². The molecule has 0 atom stereocenters. The zero-order valence-electron chi connectivity index (χ0n) is 60.6. The average Bonchev–Trinajstić information content (AvgIpc) is 1.50. The molecular formula is C96H103NO2. The van der Waals surface area contributed by atoms with Crippen molar-refractivity contribution in [3.8, 4) is 55.6 Å². The molecule has 4 aliphatic carbocycles. The van der Waals surface area contributed by atoms with Gasteiger partial charge in [0.1, 0.15) is 22.3 Å². The van der Waals surface area contributed by atoms with Gasteiger partial charge in [-0.2, -0.15) is 0 Å². The van der Waals surface area contributed by atoms with Gasteiger partial charge in [0.05, 0.1) is 0 Å². The summed E-state index contributed by atoms with van der Waals surface area (Å²) >= 11 is 0. The van der Waals surface area contributed by atoms with E-state index < -0.39 is 0 Å². The monoisotopic (exact) mass is 1300 g/mol. The zero-order valence-corrected chi connectivity index (χ0v) is 60.6. The molecule has 2 heterocycles. The highest BCUT2D eigenvalue weighted by molar-refractivity contribution is 6.21. The minimum absolute atomic E-state index is 0.150. The van der Waals surface area contributed by atoms with E-state index in [2.05, 4.69) is 248 Å². The Kier molecular flexibility index (Phi) is 17.5. The number of para-hydroxylation sites is 2. The van der Waals surface area contributed by atoms with Crippen LogP contribution < -0.4 is 4.90 Å². The van der Waals surface area contributed by atoms with Gasteiger partial charge in [0.15, 0.2) is 0 Å². The maximum atomic E-state index is 7.58. The van der Waals surface area contributed by atoms with Crippen molar-refractivity contribution >= 4 is 60.9 Å². The molecule has 0 unspecified atom stereocenters. The molecular weight excluding hydrogens is 1200 g/mol. The van der Waals surface area contributed by atoms with E-state index in [-0.39, 0.29) is 21.7 Å². The van der Waals surface area contributed by atoms with Gasteiger partial charge in [0.25, 0.3) is 0 Å². The Balaban J connectivity index is 0.923. The number of anilines is 3. The van der Waals surface area contributed by atoms with Crippen LogP contribution in [0.25, 0.3) is 99.5 Å². The lowest BCUT2D eigenvalue weighted by Gasteiger charge is -2.40. The quantitative estimate of drug-likeness (QED) is 0.0458. The zero-order chi connectivity index (χ0) is 67.6. The number of rotatable bonds is 28. The van der Waals surface area contributed by atoms with Crippen molar-refractivity contribution in [2.24, 2.45) is 0 Å². The largest absolute Gasteiger partial charge is 0.456 e. The normalized spacial score (nSPS) is 15.2. The Hall–Kier alpha value is -8.40. The molecule has 0 fully saturated rings. The third-order valence-corrected chi connectivity index (χ3v) is 24.8. The van der Waals surface area contributed by atoms with Crippen LogP contribution in [-0.2, 0) is 21.7 Å². The van der Waals surface area contributed by atoms with E-state index in [0.29, 0.717) is 0 Å². The number of benzene rings is 10. The molecule has 16 rings (SSSR count). The van der Waals surface area contributed by atoms with E-state index in [9.17, 15) is 0 Å². The summed E-state index contributed by atoms with van der Waals surface area (Å²) in [7, 11) is 0. The molecule has 3 nitrogen and oxygen atoms in total. The first-order valence-electron chi connectivity index (χ1n) is 39.0. The van der Waals surface area contributed by atoms with Gasteiger partial charge in [-0.1, -0.05) is 305 Å². The van der Waals surface area contributed by atoms with Gasteiger partial charge >= 0.3 is 0 Å². The third kappa shape index (κ3) is 10.7. The molecule has 0 radical (unpaired) electrons. The van der Waals surface area contributed by atoms with Crippen LogP contribution in [0.4, 0.5) is 17.1 Å². The Labute approximate surface area is 590 Å². The van der Waals surface area contributed by atoms with E-state index in [1.807, 2.05) is 0 Å². The van der Waals surface area contributed by atoms with Crippen molar-refractivity contribution in [3.63, 3.8) is 0 Å². The maximum absolute atomic E-state index is 7.58. The lowest BCUT2D eigenvalue weighted by Crippen LogP contribution is -2.33. The molecule has 4 aliphatic rings. The fourth-order valence-corrected chi connectivity index (χ4v) is 19.8. The minimum Gasteiger partial charge on any atom is -0.456 e. The highest BCUT2D eigenvalue weighted by Crippen LogP contribution is 2.68. The molecule has 0 aliphatic heterocycles. The SMILES string of the molecule is CCCCCCCC1(CCCCCCC)c2ccccc2-c2c1c1c(c3c2oc2ccccc23)-c2ccc(N(c3ccc(-c4ccccc4)cc3)c3ccc4c(c3)C(C)(C)c3cc5c(cc3-4)C(C)(C)c3ccc4oc6ccccc6c4c3-5)cc2C1(CCCCCCC)CCCCCCC. The summed E-state index contributed by atoms with van der Waals surface area (Å²) in [6.07, 6.45) is 29.8. The van der Waals surface area contributed by atoms with Crippen LogP contribution in [0.2, 0.25) is 0 Å². The second-order valence-corrected chi connectivity index (χ2v) is 31.5. The number of hydrogen-bond donors (Lipinski definition) is 0. The van der Waals surface area contributed by atoms with Gasteiger partial charge in [0, 0.05) is 65.8 Å². The molecule has 12 aromatic rings. The molecule has 0 saturated carbocycles. The first-order valence-corrected chi connectivity index (χ1v) is 39.0. The first-order chi connectivity index (χ1) is 48.5. The molecule has 10 aromatic carbocycles. The predicted octanol–water partition coefficient (Wildman–Crippen LogP) is 29.2. The lowest BCUT2D eigenvalue weighted by atomic mass is 9.62. The predicted molar refractivity (Wildman–Crippen MR) is 422 cm³/mol. The summed E-state index contributed by atoms with van der Waals surface area (Å²) in [6, 6.07) is 73.1. The molecule has 3 heteroatoms. The topological polar surface area (TPSA) is 29.5 Å². The second-order valence-electron chi connectivity index (χ2n) is 31.5. The Bertz CT molecular complexity index is 4960. The molecule has 99 heavy (non-hydrogen) atoms. The highest BCUT2D eigenvalue weighted by Gasteiger charge is 2.54. The Morgan fingerprint density at radius 2 is 0.747 bits per heavy atom. The van der Waals surface area contributed by atoms with E-state index in [1.165, 1.54) is 263 Å². The number of furan rings is 2. The van der Waals surface area contributed by atoms with E-state index in [1.54, 1.807) is 16.7 Å². The standard InChI is InChI=1S/C96H103NO2/c1-9-13-17-21-34-56-95(57-35-22-18-14-10-2)76-43-31-28-40-70(76)89-91(95)90-87(88-73-42-30-33-45-83(73)99-92(88)89)71-53-51-68(61-81(71)96(90,58-36-23-19-15-11-3)59-37-24-20-16-12-4)97(66-48-46-65(47-49-66)64-38-26-25-27-39-64)67-50-52-69-74-62-80-75(63-79(74)94(7,8)78(69)60-67)85-77(93(80,5)6)54-55-84-86(85)72-41-29-32-44-82(72)98-84/h25-33,38-55,60-63H,9-24,34-37,56-59H2,1-8H3. The van der Waals surface area contributed by atoms with Gasteiger partial charge < -0.3 is 13.7 Å². The van der Waals surface area contributed by atoms with E-state index in [0.717, 1.165) is 35.2 Å². The van der Waals surface area contributed by atoms with Crippen molar-refractivity contribution in [1.29, 1.82) is 0 Å². The van der Waals surface area contributed by atoms with Crippen molar-refractivity contribution in [3.05, 3.63) is 233 Å². The van der Waals surface area contributed by atoms with Crippen molar-refractivity contribution < 1.29 is 8.83 Å². The van der Waals surface area contributed by atoms with Crippen LogP contribution in [0.15, 0.2) is 197 Å². The van der Waals surface area contributed by atoms with Crippen LogP contribution in [0, 0.1) is 0 Å². The molecule has 0 amide bonds. The van der Waals surface area contributed by atoms with Crippen LogP contribution in [0.1, 0.15) is 254 Å². The Morgan fingerprint density at radius 3 is 1.37 bits per heavy atom. The summed E-state index contributed by atoms with van der Waals surface area (Å²) in [5.74, 6) is 0. The third-order valence-electron chi connectivity index (χ3n) is 24.8. The fourth-order valence-electron chi connectivity index (χ4n) is 19.8. The fraction of sp³-hybridized carbons (Fsp3) is 0.375. The van der Waals surface area contributed by atoms with Crippen LogP contribution in [0.5, 0.6) is 0 Å². The summed E-state index contributed by atoms with van der Waals surface area (Å²) in [6.45, 7) is 19.3. The summed E-state index contributed by atoms with van der Waals surface area (Å²) in [5.41, 5.74) is 32.2. The van der Waals surface area contributed by atoms with Crippen molar-refractivity contribution in [1.82, 2.24) is 0 Å². The van der Waals surface area contributed by atoms with Crippen LogP contribution in [-0.4, -0.2) is 0 Å². The first kappa shape index (κ1) is 65.2.